The van der Waals surface area contributed by atoms with Crippen molar-refractivity contribution in [2.45, 2.75) is 39.8 Å². The number of aryl methyl sites for hydroxylation is 1. The average molecular weight is 571 g/mol. The normalized spacial score (nSPS) is 16.3. The molecule has 1 aliphatic heterocycles. The van der Waals surface area contributed by atoms with E-state index in [2.05, 4.69) is 104 Å². The van der Waals surface area contributed by atoms with Crippen LogP contribution in [0.4, 0.5) is 5.69 Å². The predicted molar refractivity (Wildman–Crippen MR) is 175 cm³/mol. The number of benzene rings is 4. The third kappa shape index (κ3) is 4.69. The zero-order valence-corrected chi connectivity index (χ0v) is 25.6. The van der Waals surface area contributed by atoms with Gasteiger partial charge in [-0.05, 0) is 81.3 Å². The molecule has 1 aromatic heterocycles. The zero-order valence-electron chi connectivity index (χ0n) is 25.6. The Labute approximate surface area is 254 Å². The number of fused-ring (bicyclic) bond motifs is 2. The molecule has 0 spiro atoms. The monoisotopic (exact) mass is 570 g/mol. The van der Waals surface area contributed by atoms with E-state index in [1.165, 1.54) is 5.52 Å². The largest absolute Gasteiger partial charge is 0.497 e. The van der Waals surface area contributed by atoms with Crippen LogP contribution in [0.25, 0.3) is 16.5 Å². The van der Waals surface area contributed by atoms with E-state index in [0.717, 1.165) is 70.0 Å². The summed E-state index contributed by atoms with van der Waals surface area (Å²) in [5.74, 6) is 0.469. The van der Waals surface area contributed by atoms with Crippen molar-refractivity contribution < 1.29 is 14.3 Å². The minimum absolute atomic E-state index is 0.318. The van der Waals surface area contributed by atoms with Gasteiger partial charge in [-0.25, -0.2) is 4.79 Å². The van der Waals surface area contributed by atoms with E-state index in [0.29, 0.717) is 5.56 Å². The Morgan fingerprint density at radius 2 is 1.56 bits per heavy atom. The van der Waals surface area contributed by atoms with Crippen LogP contribution in [0.1, 0.15) is 59.1 Å². The first-order valence-electron chi connectivity index (χ1n) is 15.1. The number of carbonyl (C=O) groups is 1. The molecule has 0 bridgehead atoms. The molecule has 43 heavy (non-hydrogen) atoms. The van der Waals surface area contributed by atoms with Crippen molar-refractivity contribution in [3.05, 3.63) is 137 Å². The van der Waals surface area contributed by atoms with E-state index in [-0.39, 0.29) is 5.97 Å². The van der Waals surface area contributed by atoms with Crippen LogP contribution >= 0.6 is 0 Å². The van der Waals surface area contributed by atoms with Gasteiger partial charge >= 0.3 is 5.97 Å². The van der Waals surface area contributed by atoms with Crippen molar-refractivity contribution in [3.8, 4) is 5.75 Å². The third-order valence-electron chi connectivity index (χ3n) is 8.79. The number of para-hydroxylation sites is 1. The van der Waals surface area contributed by atoms with Crippen LogP contribution < -0.4 is 9.64 Å². The molecule has 0 aliphatic carbocycles. The van der Waals surface area contributed by atoms with E-state index in [9.17, 15) is 4.79 Å². The van der Waals surface area contributed by atoms with Crippen molar-refractivity contribution in [1.29, 1.82) is 0 Å². The van der Waals surface area contributed by atoms with Gasteiger partial charge in [-0.3, -0.25) is 0 Å². The zero-order chi connectivity index (χ0) is 30.1. The number of cyclic esters (lactones) is 1. The number of ether oxygens (including phenoxy) is 2. The maximum absolute atomic E-state index is 13.5. The molecular weight excluding hydrogens is 532 g/mol. The second kappa shape index (κ2) is 11.5. The molecule has 1 atom stereocenters. The fourth-order valence-corrected chi connectivity index (χ4v) is 6.61. The molecule has 0 saturated heterocycles. The molecule has 4 aromatic carbocycles. The van der Waals surface area contributed by atoms with Gasteiger partial charge in [0.05, 0.1) is 12.7 Å². The number of methoxy groups -OCH3 is 1. The van der Waals surface area contributed by atoms with Crippen molar-refractivity contribution >= 4 is 28.1 Å². The quantitative estimate of drug-likeness (QED) is 0.167. The Morgan fingerprint density at radius 3 is 2.23 bits per heavy atom. The van der Waals surface area contributed by atoms with Gasteiger partial charge in [0, 0.05) is 58.6 Å². The Morgan fingerprint density at radius 1 is 0.884 bits per heavy atom. The van der Waals surface area contributed by atoms with Crippen molar-refractivity contribution in [3.63, 3.8) is 0 Å². The fourth-order valence-electron chi connectivity index (χ4n) is 6.61. The second-order valence-electron chi connectivity index (χ2n) is 10.9. The smallest absolute Gasteiger partial charge is 0.340 e. The molecule has 0 amide bonds. The number of aromatic nitrogens is 1. The number of esters is 1. The molecule has 0 fully saturated rings. The van der Waals surface area contributed by atoms with Crippen molar-refractivity contribution in [1.82, 2.24) is 4.57 Å². The highest BCUT2D eigenvalue weighted by atomic mass is 16.6. The van der Waals surface area contributed by atoms with E-state index in [4.69, 9.17) is 9.47 Å². The maximum Gasteiger partial charge on any atom is 0.340 e. The Bertz CT molecular complexity index is 1810. The molecule has 0 saturated carbocycles. The minimum atomic E-state index is -1.12. The summed E-state index contributed by atoms with van der Waals surface area (Å²) in [5.41, 5.74) is 7.85. The molecule has 218 valence electrons. The summed E-state index contributed by atoms with van der Waals surface area (Å²) < 4.78 is 14.4. The van der Waals surface area contributed by atoms with Crippen LogP contribution in [0, 0.1) is 6.92 Å². The summed E-state index contributed by atoms with van der Waals surface area (Å²) in [6.07, 6.45) is 2.17. The average Bonchev–Trinajstić information content (AvgIpc) is 3.51. The molecule has 0 N–H and O–H groups in total. The van der Waals surface area contributed by atoms with Crippen LogP contribution in [0.2, 0.25) is 0 Å². The van der Waals surface area contributed by atoms with Crippen molar-refractivity contribution in [2.75, 3.05) is 25.1 Å². The SMILES string of the molecule is CCN(CC)c1ccc(C2(/C=C(\c3ccc(OC)cc3)c3c(C)n(CC)c4ccccc34)OC(=O)c3ccccc32)cc1. The van der Waals surface area contributed by atoms with Gasteiger partial charge in [0.25, 0.3) is 0 Å². The second-order valence-corrected chi connectivity index (χ2v) is 10.9. The molecule has 1 aliphatic rings. The molecule has 2 heterocycles. The fraction of sp³-hybridized carbons (Fsp3) is 0.237. The molecular formula is C38H38N2O3. The van der Waals surface area contributed by atoms with E-state index >= 15 is 0 Å². The molecule has 1 unspecified atom stereocenters. The summed E-state index contributed by atoms with van der Waals surface area (Å²) >= 11 is 0. The number of hydrogen-bond acceptors (Lipinski definition) is 4. The first-order valence-corrected chi connectivity index (χ1v) is 15.1. The van der Waals surface area contributed by atoms with Crippen molar-refractivity contribution in [2.24, 2.45) is 0 Å². The predicted octanol–water partition coefficient (Wildman–Crippen LogP) is 8.37. The Balaban J connectivity index is 1.68. The molecule has 5 heteroatoms. The highest BCUT2D eigenvalue weighted by Crippen LogP contribution is 2.47. The lowest BCUT2D eigenvalue weighted by molar-refractivity contribution is 0.0276. The first-order chi connectivity index (χ1) is 20.9. The molecule has 5 aromatic rings. The van der Waals surface area contributed by atoms with Gasteiger partial charge in [0.2, 0.25) is 0 Å². The van der Waals surface area contributed by atoms with Crippen LogP contribution in [0.15, 0.2) is 103 Å². The van der Waals surface area contributed by atoms with Gasteiger partial charge in [0.1, 0.15) is 5.75 Å². The van der Waals surface area contributed by atoms with E-state index in [1.54, 1.807) is 7.11 Å². The maximum atomic E-state index is 13.5. The number of carbonyl (C=O) groups excluding carboxylic acids is 1. The summed E-state index contributed by atoms with van der Waals surface area (Å²) in [4.78, 5) is 15.8. The third-order valence-corrected chi connectivity index (χ3v) is 8.79. The van der Waals surface area contributed by atoms with E-state index < -0.39 is 5.60 Å². The summed E-state index contributed by atoms with van der Waals surface area (Å²) in [6, 6.07) is 32.9. The lowest BCUT2D eigenvalue weighted by Gasteiger charge is -2.29. The standard InChI is InChI=1S/C38H38N2O3/c1-6-39(7-2)29-21-19-28(20-22-29)38(34-15-11-9-13-31(34)37(41)43-38)25-33(27-17-23-30(42-5)24-18-27)36-26(4)40(8-3)35-16-12-10-14-32(35)36/h9-25H,6-8H2,1-5H3/b33-25+. The lowest BCUT2D eigenvalue weighted by atomic mass is 9.81. The van der Waals surface area contributed by atoms with E-state index in [1.807, 2.05) is 36.4 Å². The Kier molecular flexibility index (Phi) is 7.57. The van der Waals surface area contributed by atoms with Crippen LogP contribution in [-0.4, -0.2) is 30.7 Å². The minimum Gasteiger partial charge on any atom is -0.497 e. The first kappa shape index (κ1) is 28.4. The highest BCUT2D eigenvalue weighted by molar-refractivity contribution is 6.01. The molecule has 5 nitrogen and oxygen atoms in total. The summed E-state index contributed by atoms with van der Waals surface area (Å²) in [7, 11) is 1.68. The van der Waals surface area contributed by atoms with Crippen LogP contribution in [0.3, 0.4) is 0 Å². The van der Waals surface area contributed by atoms with Gasteiger partial charge in [-0.1, -0.05) is 60.7 Å². The number of hydrogen-bond donors (Lipinski definition) is 0. The Hall–Kier alpha value is -4.77. The molecule has 0 radical (unpaired) electrons. The lowest BCUT2D eigenvalue weighted by Crippen LogP contribution is -2.27. The highest BCUT2D eigenvalue weighted by Gasteiger charge is 2.46. The number of nitrogens with zero attached hydrogens (tertiary/aromatic N) is 2. The van der Waals surface area contributed by atoms with Gasteiger partial charge in [-0.15, -0.1) is 0 Å². The molecule has 6 rings (SSSR count). The number of rotatable bonds is 9. The topological polar surface area (TPSA) is 43.7 Å². The van der Waals surface area contributed by atoms with Crippen LogP contribution in [0.5, 0.6) is 5.75 Å². The summed E-state index contributed by atoms with van der Waals surface area (Å²) in [6.45, 7) is 11.4. The number of anilines is 1. The summed E-state index contributed by atoms with van der Waals surface area (Å²) in [5, 5.41) is 1.16. The van der Waals surface area contributed by atoms with Gasteiger partial charge in [0.15, 0.2) is 5.60 Å². The van der Waals surface area contributed by atoms with Gasteiger partial charge < -0.3 is 18.9 Å². The van der Waals surface area contributed by atoms with Gasteiger partial charge in [-0.2, -0.15) is 0 Å². The van der Waals surface area contributed by atoms with Crippen LogP contribution in [-0.2, 0) is 16.9 Å².